The number of pyridine rings is 1. The summed E-state index contributed by atoms with van der Waals surface area (Å²) in [5.74, 6) is 0. The minimum atomic E-state index is -0.262. The molecule has 0 aliphatic heterocycles. The van der Waals surface area contributed by atoms with Crippen molar-refractivity contribution in [3.05, 3.63) is 17.8 Å². The number of anilines is 2. The van der Waals surface area contributed by atoms with E-state index in [0.717, 1.165) is 0 Å². The third-order valence-corrected chi connectivity index (χ3v) is 1.35. The maximum Gasteiger partial charge on any atom is 0.211 e. The Bertz CT molecular complexity index is 357. The van der Waals surface area contributed by atoms with Crippen LogP contribution in [0.3, 0.4) is 0 Å². The monoisotopic (exact) mass is 168 g/mol. The quantitative estimate of drug-likeness (QED) is 0.348. The van der Waals surface area contributed by atoms with Crippen molar-refractivity contribution in [2.75, 3.05) is 11.1 Å². The largest absolute Gasteiger partial charge is 0.427 e. The molecule has 0 aliphatic rings. The van der Waals surface area contributed by atoms with Gasteiger partial charge in [0, 0.05) is 6.20 Å². The van der Waals surface area contributed by atoms with E-state index in [-0.39, 0.29) is 16.9 Å². The fourth-order valence-electron chi connectivity index (χ4n) is 0.771. The molecule has 6 heteroatoms. The van der Waals surface area contributed by atoms with Crippen molar-refractivity contribution in [2.45, 2.75) is 0 Å². The molecule has 0 spiro atoms. The van der Waals surface area contributed by atoms with Crippen LogP contribution in [0.25, 0.3) is 0 Å². The van der Waals surface area contributed by atoms with Crippen LogP contribution in [0.5, 0.6) is 0 Å². The topological polar surface area (TPSA) is 104 Å². The molecule has 1 amide bonds. The Labute approximate surface area is 67.7 Å². The fourth-order valence-corrected chi connectivity index (χ4v) is 0.771. The van der Waals surface area contributed by atoms with Crippen molar-refractivity contribution in [1.82, 2.24) is 4.73 Å². The maximum atomic E-state index is 10.0. The first-order chi connectivity index (χ1) is 5.66. The van der Waals surface area contributed by atoms with Crippen LogP contribution >= 0.6 is 0 Å². The summed E-state index contributed by atoms with van der Waals surface area (Å²) in [5.41, 5.74) is 5.47. The zero-order valence-corrected chi connectivity index (χ0v) is 6.11. The molecule has 0 aromatic carbocycles. The first-order valence-corrected chi connectivity index (χ1v) is 3.12. The number of nitrogens with one attached hydrogen (secondary N) is 2. The molecule has 1 aromatic heterocycles. The van der Waals surface area contributed by atoms with Crippen LogP contribution in [-0.4, -0.2) is 16.3 Å². The number of hydrogen-bond donors (Lipinski definition) is 4. The van der Waals surface area contributed by atoms with Crippen LogP contribution in [0.4, 0.5) is 11.4 Å². The summed E-state index contributed by atoms with van der Waals surface area (Å²) in [6.07, 6.45) is 1.61. The number of nitrogens with zero attached hydrogens (tertiary/aromatic N) is 1. The van der Waals surface area contributed by atoms with E-state index in [9.17, 15) is 4.79 Å². The Kier molecular flexibility index (Phi) is 2.00. The van der Waals surface area contributed by atoms with Crippen LogP contribution < -0.4 is 16.5 Å². The molecule has 0 aliphatic carbocycles. The lowest BCUT2D eigenvalue weighted by Crippen LogP contribution is -2.22. The van der Waals surface area contributed by atoms with E-state index < -0.39 is 0 Å². The van der Waals surface area contributed by atoms with Gasteiger partial charge in [-0.05, 0) is 6.07 Å². The standard InChI is InChI=1S/C6H8N4O2/c7-4-1-2-10(12)6(8)5(4)9-3-11/h1-3,8,12H,7H2,(H,9,11). The molecule has 0 atom stereocenters. The lowest BCUT2D eigenvalue weighted by Gasteiger charge is -2.05. The summed E-state index contributed by atoms with van der Waals surface area (Å²) in [6, 6.07) is 1.38. The van der Waals surface area contributed by atoms with Gasteiger partial charge in [-0.1, -0.05) is 0 Å². The van der Waals surface area contributed by atoms with Crippen molar-refractivity contribution >= 4 is 17.8 Å². The summed E-state index contributed by atoms with van der Waals surface area (Å²) < 4.78 is 0.558. The van der Waals surface area contributed by atoms with Gasteiger partial charge in [-0.25, -0.2) is 0 Å². The Hall–Kier alpha value is -1.98. The Morgan fingerprint density at radius 3 is 3.00 bits per heavy atom. The van der Waals surface area contributed by atoms with Gasteiger partial charge in [0.25, 0.3) is 0 Å². The number of hydrogen-bond acceptors (Lipinski definition) is 4. The Balaban J connectivity index is 3.32. The molecule has 6 nitrogen and oxygen atoms in total. The van der Waals surface area contributed by atoms with Crippen LogP contribution in [-0.2, 0) is 4.79 Å². The van der Waals surface area contributed by atoms with Crippen molar-refractivity contribution in [3.63, 3.8) is 0 Å². The smallest absolute Gasteiger partial charge is 0.211 e. The maximum absolute atomic E-state index is 10.0. The highest BCUT2D eigenvalue weighted by Crippen LogP contribution is 2.09. The van der Waals surface area contributed by atoms with Gasteiger partial charge in [0.1, 0.15) is 5.69 Å². The minimum absolute atomic E-state index is 0.0926. The summed E-state index contributed by atoms with van der Waals surface area (Å²) in [7, 11) is 0. The third-order valence-electron chi connectivity index (χ3n) is 1.35. The number of carbonyl (C=O) groups is 1. The van der Waals surface area contributed by atoms with E-state index in [0.29, 0.717) is 11.1 Å². The van der Waals surface area contributed by atoms with Gasteiger partial charge in [0.2, 0.25) is 6.41 Å². The molecular formula is C6H8N4O2. The van der Waals surface area contributed by atoms with Crippen molar-refractivity contribution < 1.29 is 10.0 Å². The second-order valence-corrected chi connectivity index (χ2v) is 2.10. The normalized spacial score (nSPS) is 9.33. The molecule has 0 saturated carbocycles. The lowest BCUT2D eigenvalue weighted by molar-refractivity contribution is -0.105. The molecule has 0 radical (unpaired) electrons. The molecule has 0 fully saturated rings. The number of nitrogens with two attached hydrogens (primary N) is 1. The van der Waals surface area contributed by atoms with Crippen molar-refractivity contribution in [1.29, 1.82) is 5.41 Å². The van der Waals surface area contributed by atoms with Gasteiger partial charge in [-0.15, -0.1) is 0 Å². The average Bonchev–Trinajstić information content (AvgIpc) is 2.06. The number of carbonyl (C=O) groups excluding carboxylic acids is 1. The molecule has 64 valence electrons. The van der Waals surface area contributed by atoms with Crippen molar-refractivity contribution in [3.8, 4) is 0 Å². The predicted molar refractivity (Wildman–Crippen MR) is 41.6 cm³/mol. The van der Waals surface area contributed by atoms with Gasteiger partial charge in [-0.3, -0.25) is 10.2 Å². The number of aromatic nitrogens is 1. The minimum Gasteiger partial charge on any atom is -0.427 e. The zero-order chi connectivity index (χ0) is 9.14. The van der Waals surface area contributed by atoms with Crippen molar-refractivity contribution in [2.24, 2.45) is 0 Å². The van der Waals surface area contributed by atoms with Gasteiger partial charge < -0.3 is 16.3 Å². The number of nitrogen functional groups attached to an aromatic ring is 1. The van der Waals surface area contributed by atoms with Crippen LogP contribution in [0.15, 0.2) is 12.3 Å². The summed E-state index contributed by atoms with van der Waals surface area (Å²) >= 11 is 0. The van der Waals surface area contributed by atoms with E-state index in [4.69, 9.17) is 16.4 Å². The van der Waals surface area contributed by atoms with Gasteiger partial charge in [0.05, 0.1) is 5.69 Å². The summed E-state index contributed by atoms with van der Waals surface area (Å²) in [6.45, 7) is 0. The van der Waals surface area contributed by atoms with Gasteiger partial charge >= 0.3 is 0 Å². The molecule has 0 bridgehead atoms. The molecule has 5 N–H and O–H groups in total. The predicted octanol–water partition coefficient (Wildman–Crippen LogP) is -0.645. The van der Waals surface area contributed by atoms with Gasteiger partial charge in [0.15, 0.2) is 5.49 Å². The fraction of sp³-hybridized carbons (Fsp3) is 0. The number of amides is 1. The highest BCUT2D eigenvalue weighted by Gasteiger charge is 2.02. The third kappa shape index (κ3) is 1.22. The van der Waals surface area contributed by atoms with E-state index in [2.05, 4.69) is 5.32 Å². The molecule has 1 aromatic rings. The first-order valence-electron chi connectivity index (χ1n) is 3.12. The highest BCUT2D eigenvalue weighted by atomic mass is 16.5. The summed E-state index contributed by atoms with van der Waals surface area (Å²) in [4.78, 5) is 10.0. The lowest BCUT2D eigenvalue weighted by atomic mass is 10.3. The molecule has 1 heterocycles. The second-order valence-electron chi connectivity index (χ2n) is 2.10. The molecule has 0 saturated heterocycles. The zero-order valence-electron chi connectivity index (χ0n) is 6.11. The Morgan fingerprint density at radius 1 is 1.75 bits per heavy atom. The van der Waals surface area contributed by atoms with Crippen LogP contribution in [0.1, 0.15) is 0 Å². The van der Waals surface area contributed by atoms with E-state index in [1.54, 1.807) is 0 Å². The van der Waals surface area contributed by atoms with E-state index in [1.165, 1.54) is 12.3 Å². The molecule has 1 rings (SSSR count). The second kappa shape index (κ2) is 2.95. The SMILES string of the molecule is N=c1c(NC=O)c(N)ccn1O. The number of rotatable bonds is 2. The summed E-state index contributed by atoms with van der Waals surface area (Å²) in [5, 5.41) is 18.4. The molecular weight excluding hydrogens is 160 g/mol. The highest BCUT2D eigenvalue weighted by molar-refractivity contribution is 5.78. The average molecular weight is 168 g/mol. The van der Waals surface area contributed by atoms with Crippen LogP contribution in [0, 0.1) is 5.41 Å². The van der Waals surface area contributed by atoms with Gasteiger partial charge in [-0.2, -0.15) is 4.73 Å². The molecule has 0 unspecified atom stereocenters. The van der Waals surface area contributed by atoms with E-state index >= 15 is 0 Å². The van der Waals surface area contributed by atoms with Crippen LogP contribution in [0.2, 0.25) is 0 Å². The molecule has 12 heavy (non-hydrogen) atoms. The van der Waals surface area contributed by atoms with E-state index in [1.807, 2.05) is 0 Å². The Morgan fingerprint density at radius 2 is 2.42 bits per heavy atom. The first kappa shape index (κ1) is 8.12.